The van der Waals surface area contributed by atoms with Crippen LogP contribution in [0.15, 0.2) is 30.5 Å². The standard InChI is InChI=1S/C22H25FN4O5S/c1-14-9-15(11-24-20(14)26-5-7-33(30)8-6-26)18-4-3-16(10-19(18)23)27-13-17(32-22(27)29)12-25-21(28)31-2/h3-4,9-11,17H,5-8,12-13H2,1-2H3,(H,25,28)/t17-/m0/s1. The summed E-state index contributed by atoms with van der Waals surface area (Å²) in [5.74, 6) is 1.58. The summed E-state index contributed by atoms with van der Waals surface area (Å²) in [4.78, 5) is 31.4. The van der Waals surface area contributed by atoms with Gasteiger partial charge in [-0.2, -0.15) is 0 Å². The molecule has 2 aromatic rings. The first kappa shape index (κ1) is 23.0. The average molecular weight is 477 g/mol. The largest absolute Gasteiger partial charge is 0.453 e. The SMILES string of the molecule is COC(=O)NC[C@H]1CN(c2ccc(-c3cnc(N4CCS(=O)CC4)c(C)c3)c(F)c2)C(=O)O1. The summed E-state index contributed by atoms with van der Waals surface area (Å²) in [6, 6.07) is 6.43. The van der Waals surface area contributed by atoms with E-state index in [1.165, 1.54) is 18.1 Å². The predicted octanol–water partition coefficient (Wildman–Crippen LogP) is 2.45. The molecule has 2 saturated heterocycles. The van der Waals surface area contributed by atoms with Gasteiger partial charge in [0, 0.05) is 52.7 Å². The second-order valence-electron chi connectivity index (χ2n) is 7.85. The number of carbonyl (C=O) groups is 2. The van der Waals surface area contributed by atoms with Crippen LogP contribution >= 0.6 is 0 Å². The summed E-state index contributed by atoms with van der Waals surface area (Å²) in [5.41, 5.74) is 2.28. The lowest BCUT2D eigenvalue weighted by atomic mass is 10.0. The van der Waals surface area contributed by atoms with E-state index in [9.17, 15) is 13.8 Å². The molecule has 0 spiro atoms. The van der Waals surface area contributed by atoms with Gasteiger partial charge < -0.3 is 19.7 Å². The van der Waals surface area contributed by atoms with Crippen LogP contribution in [-0.2, 0) is 20.3 Å². The number of hydrogen-bond acceptors (Lipinski definition) is 7. The Hall–Kier alpha value is -3.21. The van der Waals surface area contributed by atoms with Gasteiger partial charge in [-0.25, -0.2) is 19.0 Å². The molecule has 0 saturated carbocycles. The number of amides is 2. The van der Waals surface area contributed by atoms with Crippen molar-refractivity contribution in [1.82, 2.24) is 10.3 Å². The van der Waals surface area contributed by atoms with Crippen molar-refractivity contribution >= 4 is 34.5 Å². The summed E-state index contributed by atoms with van der Waals surface area (Å²) >= 11 is 0. The van der Waals surface area contributed by atoms with Crippen molar-refractivity contribution in [3.63, 3.8) is 0 Å². The Kier molecular flexibility index (Phi) is 6.77. The number of carbonyl (C=O) groups excluding carboxylic acids is 2. The summed E-state index contributed by atoms with van der Waals surface area (Å²) < 4.78 is 36.4. The fourth-order valence-corrected chi connectivity index (χ4v) is 4.96. The zero-order chi connectivity index (χ0) is 23.5. The van der Waals surface area contributed by atoms with Gasteiger partial charge in [-0.15, -0.1) is 0 Å². The van der Waals surface area contributed by atoms with E-state index in [4.69, 9.17) is 4.74 Å². The molecule has 2 amide bonds. The molecule has 0 bridgehead atoms. The zero-order valence-corrected chi connectivity index (χ0v) is 19.2. The number of pyridine rings is 1. The number of benzene rings is 1. The van der Waals surface area contributed by atoms with Gasteiger partial charge in [-0.3, -0.25) is 9.11 Å². The van der Waals surface area contributed by atoms with Crippen LogP contribution in [0.3, 0.4) is 0 Å². The fourth-order valence-electron chi connectivity index (χ4n) is 3.91. The maximum Gasteiger partial charge on any atom is 0.414 e. The van der Waals surface area contributed by atoms with Crippen LogP contribution in [0.5, 0.6) is 0 Å². The van der Waals surface area contributed by atoms with Crippen LogP contribution in [-0.4, -0.2) is 72.3 Å². The third-order valence-corrected chi connectivity index (χ3v) is 6.91. The average Bonchev–Trinajstić information content (AvgIpc) is 3.18. The van der Waals surface area contributed by atoms with Gasteiger partial charge in [-0.1, -0.05) is 0 Å². The van der Waals surface area contributed by atoms with Crippen molar-refractivity contribution in [2.45, 2.75) is 13.0 Å². The molecule has 9 nitrogen and oxygen atoms in total. The minimum atomic E-state index is -0.771. The Labute approximate surface area is 193 Å². The Bertz CT molecular complexity index is 1090. The highest BCUT2D eigenvalue weighted by Gasteiger charge is 2.33. The molecule has 0 aliphatic carbocycles. The number of rotatable bonds is 5. The van der Waals surface area contributed by atoms with Crippen molar-refractivity contribution in [2.75, 3.05) is 54.6 Å². The van der Waals surface area contributed by atoms with Crippen LogP contribution in [0.1, 0.15) is 5.56 Å². The molecule has 176 valence electrons. The molecular weight excluding hydrogens is 451 g/mol. The number of halogens is 1. The van der Waals surface area contributed by atoms with E-state index in [0.717, 1.165) is 11.4 Å². The van der Waals surface area contributed by atoms with E-state index >= 15 is 4.39 Å². The van der Waals surface area contributed by atoms with Crippen molar-refractivity contribution < 1.29 is 27.7 Å². The molecule has 3 heterocycles. The maximum absolute atomic E-state index is 15.0. The molecule has 1 aromatic carbocycles. The number of nitrogens with zero attached hydrogens (tertiary/aromatic N) is 3. The third kappa shape index (κ3) is 5.08. The topological polar surface area (TPSA) is 101 Å². The number of aryl methyl sites for hydroxylation is 1. The van der Waals surface area contributed by atoms with Crippen LogP contribution < -0.4 is 15.1 Å². The Balaban J connectivity index is 1.47. The third-order valence-electron chi connectivity index (χ3n) is 5.64. The van der Waals surface area contributed by atoms with Gasteiger partial charge in [0.1, 0.15) is 17.7 Å². The quantitative estimate of drug-likeness (QED) is 0.707. The van der Waals surface area contributed by atoms with Crippen molar-refractivity contribution in [1.29, 1.82) is 0 Å². The van der Waals surface area contributed by atoms with Gasteiger partial charge in [-0.05, 0) is 36.8 Å². The van der Waals surface area contributed by atoms with Crippen LogP contribution in [0.25, 0.3) is 11.1 Å². The van der Waals surface area contributed by atoms with Gasteiger partial charge >= 0.3 is 12.2 Å². The normalized spacial score (nSPS) is 18.9. The molecule has 11 heteroatoms. The van der Waals surface area contributed by atoms with Crippen molar-refractivity contribution in [2.24, 2.45) is 0 Å². The zero-order valence-electron chi connectivity index (χ0n) is 18.4. The number of alkyl carbamates (subject to hydrolysis) is 1. The summed E-state index contributed by atoms with van der Waals surface area (Å²) in [5, 5.41) is 2.48. The first-order valence-corrected chi connectivity index (χ1v) is 12.0. The first-order valence-electron chi connectivity index (χ1n) is 10.5. The van der Waals surface area contributed by atoms with Crippen molar-refractivity contribution in [3.05, 3.63) is 41.8 Å². The fraction of sp³-hybridized carbons (Fsp3) is 0.409. The number of methoxy groups -OCH3 is 1. The minimum absolute atomic E-state index is 0.0969. The molecule has 2 aliphatic heterocycles. The van der Waals surface area contributed by atoms with E-state index in [0.29, 0.717) is 41.4 Å². The Morgan fingerprint density at radius 3 is 2.76 bits per heavy atom. The van der Waals surface area contributed by atoms with E-state index in [1.54, 1.807) is 18.3 Å². The second-order valence-corrected chi connectivity index (χ2v) is 9.55. The number of ether oxygens (including phenoxy) is 2. The molecule has 2 aliphatic rings. The lowest BCUT2D eigenvalue weighted by Crippen LogP contribution is -2.38. The van der Waals surface area contributed by atoms with E-state index in [1.807, 2.05) is 13.0 Å². The van der Waals surface area contributed by atoms with Gasteiger partial charge in [0.05, 0.1) is 25.9 Å². The minimum Gasteiger partial charge on any atom is -0.453 e. The lowest BCUT2D eigenvalue weighted by molar-refractivity contribution is 0.132. The van der Waals surface area contributed by atoms with Crippen LogP contribution in [0.2, 0.25) is 0 Å². The highest BCUT2D eigenvalue weighted by Crippen LogP contribution is 2.31. The van der Waals surface area contributed by atoms with Gasteiger partial charge in [0.25, 0.3) is 0 Å². The number of anilines is 2. The number of nitrogens with one attached hydrogen (secondary N) is 1. The smallest absolute Gasteiger partial charge is 0.414 e. The summed E-state index contributed by atoms with van der Waals surface area (Å²) in [6.07, 6.45) is -0.163. The Morgan fingerprint density at radius 1 is 1.33 bits per heavy atom. The van der Waals surface area contributed by atoms with E-state index < -0.39 is 34.9 Å². The molecule has 0 unspecified atom stereocenters. The second kappa shape index (κ2) is 9.74. The highest BCUT2D eigenvalue weighted by atomic mass is 32.2. The van der Waals surface area contributed by atoms with Crippen LogP contribution in [0, 0.1) is 12.7 Å². The molecule has 33 heavy (non-hydrogen) atoms. The number of cyclic esters (lactones) is 1. The molecule has 1 N–H and O–H groups in total. The summed E-state index contributed by atoms with van der Waals surface area (Å²) in [6.45, 7) is 3.57. The van der Waals surface area contributed by atoms with Crippen molar-refractivity contribution in [3.8, 4) is 11.1 Å². The van der Waals surface area contributed by atoms with Gasteiger partial charge in [0.15, 0.2) is 0 Å². The molecule has 4 rings (SSSR count). The van der Waals surface area contributed by atoms with E-state index in [2.05, 4.69) is 19.9 Å². The molecule has 1 atom stereocenters. The summed E-state index contributed by atoms with van der Waals surface area (Å²) in [7, 11) is 0.473. The van der Waals surface area contributed by atoms with E-state index in [-0.39, 0.29) is 13.1 Å². The Morgan fingerprint density at radius 2 is 2.09 bits per heavy atom. The monoisotopic (exact) mass is 476 g/mol. The predicted molar refractivity (Wildman–Crippen MR) is 122 cm³/mol. The van der Waals surface area contributed by atoms with Crippen LogP contribution in [0.4, 0.5) is 25.5 Å². The molecule has 2 fully saturated rings. The maximum atomic E-state index is 15.0. The highest BCUT2D eigenvalue weighted by molar-refractivity contribution is 7.85. The lowest BCUT2D eigenvalue weighted by Gasteiger charge is -2.28. The van der Waals surface area contributed by atoms with Gasteiger partial charge in [0.2, 0.25) is 0 Å². The molecular formula is C22H25FN4O5S. The molecule has 0 radical (unpaired) electrons. The first-order chi connectivity index (χ1) is 15.9. The number of hydrogen-bond donors (Lipinski definition) is 1. The number of aromatic nitrogens is 1. The molecule has 1 aromatic heterocycles.